The van der Waals surface area contributed by atoms with Crippen molar-refractivity contribution in [2.45, 2.75) is 49.7 Å². The van der Waals surface area contributed by atoms with Crippen LogP contribution in [0, 0.1) is 5.92 Å². The first-order valence-corrected chi connectivity index (χ1v) is 9.03. The molecule has 0 aromatic carbocycles. The lowest BCUT2D eigenvalue weighted by Gasteiger charge is -2.18. The molecule has 2 fully saturated rings. The average Bonchev–Trinajstić information content (AvgIpc) is 2.96. The molecule has 1 saturated carbocycles. The molecular formula is C14H23N3O3S. The van der Waals surface area contributed by atoms with Crippen LogP contribution >= 0.6 is 0 Å². The number of aromatic amines is 1. The van der Waals surface area contributed by atoms with Gasteiger partial charge in [-0.1, -0.05) is 0 Å². The smallest absolute Gasteiger partial charge is 0.242 e. The normalized spacial score (nSPS) is 24.3. The van der Waals surface area contributed by atoms with E-state index in [1.165, 1.54) is 12.8 Å². The topological polar surface area (TPSA) is 83.2 Å². The lowest BCUT2D eigenvalue weighted by Crippen LogP contribution is -2.38. The number of rotatable bonds is 7. The van der Waals surface area contributed by atoms with Gasteiger partial charge in [0.1, 0.15) is 0 Å². The molecule has 6 nitrogen and oxygen atoms in total. The first-order chi connectivity index (χ1) is 10.0. The van der Waals surface area contributed by atoms with E-state index in [4.69, 9.17) is 4.74 Å². The predicted octanol–water partition coefficient (Wildman–Crippen LogP) is 0.970. The van der Waals surface area contributed by atoms with E-state index in [9.17, 15) is 8.42 Å². The molecule has 0 amide bonds. The Morgan fingerprint density at radius 1 is 1.43 bits per heavy atom. The summed E-state index contributed by atoms with van der Waals surface area (Å²) in [5.41, 5.74) is 0.902. The van der Waals surface area contributed by atoms with Crippen molar-refractivity contribution >= 4 is 10.0 Å². The molecular weight excluding hydrogens is 290 g/mol. The highest BCUT2D eigenvalue weighted by Crippen LogP contribution is 2.21. The Morgan fingerprint density at radius 3 is 2.90 bits per heavy atom. The summed E-state index contributed by atoms with van der Waals surface area (Å²) in [7, 11) is -3.46. The van der Waals surface area contributed by atoms with Gasteiger partial charge in [0.2, 0.25) is 10.0 Å². The monoisotopic (exact) mass is 313 g/mol. The number of nitrogens with one attached hydrogen (secondary N) is 3. The highest BCUT2D eigenvalue weighted by Gasteiger charge is 2.27. The van der Waals surface area contributed by atoms with Gasteiger partial charge in [0.15, 0.2) is 0 Å². The SMILES string of the molecule is CC(NS(=O)(=O)c1c[nH]c(CNC2CC2)c1)C1CCOC1. The van der Waals surface area contributed by atoms with E-state index < -0.39 is 10.0 Å². The summed E-state index contributed by atoms with van der Waals surface area (Å²) in [6.45, 7) is 3.94. The quantitative estimate of drug-likeness (QED) is 0.700. The number of hydrogen-bond acceptors (Lipinski definition) is 4. The van der Waals surface area contributed by atoms with Crippen LogP contribution < -0.4 is 10.0 Å². The molecule has 2 heterocycles. The van der Waals surface area contributed by atoms with Gasteiger partial charge in [0.25, 0.3) is 0 Å². The second-order valence-electron chi connectivity index (χ2n) is 6.05. The fourth-order valence-electron chi connectivity index (χ4n) is 2.57. The summed E-state index contributed by atoms with van der Waals surface area (Å²) in [5.74, 6) is 0.259. The van der Waals surface area contributed by atoms with Crippen LogP contribution in [0.4, 0.5) is 0 Å². The van der Waals surface area contributed by atoms with Gasteiger partial charge in [-0.2, -0.15) is 0 Å². The first-order valence-electron chi connectivity index (χ1n) is 7.55. The third-order valence-electron chi connectivity index (χ3n) is 4.20. The van der Waals surface area contributed by atoms with Gasteiger partial charge in [-0.15, -0.1) is 0 Å². The Balaban J connectivity index is 1.60. The van der Waals surface area contributed by atoms with E-state index in [0.717, 1.165) is 18.7 Å². The number of hydrogen-bond donors (Lipinski definition) is 3. The molecule has 1 aromatic rings. The van der Waals surface area contributed by atoms with E-state index in [1.54, 1.807) is 12.3 Å². The Hall–Kier alpha value is -0.890. The second-order valence-corrected chi connectivity index (χ2v) is 7.76. The summed E-state index contributed by atoms with van der Waals surface area (Å²) in [6.07, 6.45) is 4.90. The van der Waals surface area contributed by atoms with Crippen molar-refractivity contribution in [3.05, 3.63) is 18.0 Å². The Kier molecular flexibility index (Phi) is 4.35. The fraction of sp³-hybridized carbons (Fsp3) is 0.714. The maximum absolute atomic E-state index is 12.4. The van der Waals surface area contributed by atoms with Crippen LogP contribution in [0.15, 0.2) is 17.2 Å². The van der Waals surface area contributed by atoms with Crippen LogP contribution in [0.25, 0.3) is 0 Å². The zero-order chi connectivity index (χ0) is 14.9. The van der Waals surface area contributed by atoms with Crippen molar-refractivity contribution in [1.82, 2.24) is 15.0 Å². The molecule has 3 N–H and O–H groups in total. The van der Waals surface area contributed by atoms with Crippen molar-refractivity contribution < 1.29 is 13.2 Å². The standard InChI is InChI=1S/C14H23N3O3S/c1-10(11-4-5-20-9-11)17-21(18,19)14-6-13(16-8-14)7-15-12-2-3-12/h6,8,10-12,15-17H,2-5,7,9H2,1H3. The molecule has 2 aliphatic rings. The molecule has 1 aliphatic carbocycles. The second kappa shape index (κ2) is 6.08. The minimum atomic E-state index is -3.46. The predicted molar refractivity (Wildman–Crippen MR) is 79.4 cm³/mol. The summed E-state index contributed by atoms with van der Waals surface area (Å²) in [5, 5.41) is 3.36. The van der Waals surface area contributed by atoms with Crippen LogP contribution in [0.5, 0.6) is 0 Å². The highest BCUT2D eigenvalue weighted by molar-refractivity contribution is 7.89. The number of ether oxygens (including phenoxy) is 1. The summed E-state index contributed by atoms with van der Waals surface area (Å²) >= 11 is 0. The van der Waals surface area contributed by atoms with Gasteiger partial charge >= 0.3 is 0 Å². The Morgan fingerprint density at radius 2 is 2.24 bits per heavy atom. The number of sulfonamides is 1. The van der Waals surface area contributed by atoms with Gasteiger partial charge in [-0.3, -0.25) is 0 Å². The molecule has 118 valence electrons. The van der Waals surface area contributed by atoms with Crippen molar-refractivity contribution in [2.24, 2.45) is 5.92 Å². The molecule has 1 aromatic heterocycles. The third kappa shape index (κ3) is 3.85. The zero-order valence-corrected chi connectivity index (χ0v) is 13.1. The van der Waals surface area contributed by atoms with E-state index in [0.29, 0.717) is 24.1 Å². The lowest BCUT2D eigenvalue weighted by atomic mass is 10.0. The van der Waals surface area contributed by atoms with E-state index in [1.807, 2.05) is 6.92 Å². The maximum atomic E-state index is 12.4. The van der Waals surface area contributed by atoms with E-state index in [2.05, 4.69) is 15.0 Å². The van der Waals surface area contributed by atoms with Gasteiger partial charge in [0.05, 0.1) is 11.5 Å². The van der Waals surface area contributed by atoms with Crippen molar-refractivity contribution in [1.29, 1.82) is 0 Å². The van der Waals surface area contributed by atoms with E-state index in [-0.39, 0.29) is 12.0 Å². The van der Waals surface area contributed by atoms with Crippen LogP contribution in [-0.4, -0.2) is 38.7 Å². The van der Waals surface area contributed by atoms with Crippen molar-refractivity contribution in [2.75, 3.05) is 13.2 Å². The average molecular weight is 313 g/mol. The van der Waals surface area contributed by atoms with Gasteiger partial charge in [-0.05, 0) is 32.3 Å². The van der Waals surface area contributed by atoms with Gasteiger partial charge in [0, 0.05) is 43.0 Å². The van der Waals surface area contributed by atoms with Crippen LogP contribution in [0.2, 0.25) is 0 Å². The van der Waals surface area contributed by atoms with Gasteiger partial charge < -0.3 is 15.0 Å². The molecule has 0 spiro atoms. The van der Waals surface area contributed by atoms with Crippen LogP contribution in [-0.2, 0) is 21.3 Å². The molecule has 1 saturated heterocycles. The Bertz CT molecular complexity index is 574. The largest absolute Gasteiger partial charge is 0.381 e. The van der Waals surface area contributed by atoms with Crippen LogP contribution in [0.1, 0.15) is 31.9 Å². The van der Waals surface area contributed by atoms with Gasteiger partial charge in [-0.25, -0.2) is 13.1 Å². The minimum absolute atomic E-state index is 0.111. The number of H-pyrrole nitrogens is 1. The van der Waals surface area contributed by atoms with Crippen molar-refractivity contribution in [3.63, 3.8) is 0 Å². The van der Waals surface area contributed by atoms with Crippen molar-refractivity contribution in [3.8, 4) is 0 Å². The third-order valence-corrected chi connectivity index (χ3v) is 5.74. The Labute approximate surface area is 125 Å². The maximum Gasteiger partial charge on any atom is 0.242 e. The van der Waals surface area contributed by atoms with Crippen LogP contribution in [0.3, 0.4) is 0 Å². The number of aromatic nitrogens is 1. The lowest BCUT2D eigenvalue weighted by molar-refractivity contribution is 0.180. The summed E-state index contributed by atoms with van der Waals surface area (Å²) < 4.78 is 32.8. The molecule has 2 unspecified atom stereocenters. The summed E-state index contributed by atoms with van der Waals surface area (Å²) in [4.78, 5) is 3.34. The minimum Gasteiger partial charge on any atom is -0.381 e. The summed E-state index contributed by atoms with van der Waals surface area (Å²) in [6, 6.07) is 2.20. The molecule has 3 rings (SSSR count). The fourth-order valence-corrected chi connectivity index (χ4v) is 3.90. The van der Waals surface area contributed by atoms with E-state index >= 15 is 0 Å². The molecule has 0 bridgehead atoms. The molecule has 21 heavy (non-hydrogen) atoms. The zero-order valence-electron chi connectivity index (χ0n) is 12.3. The highest BCUT2D eigenvalue weighted by atomic mass is 32.2. The molecule has 2 atom stereocenters. The molecule has 0 radical (unpaired) electrons. The molecule has 7 heteroatoms. The molecule has 1 aliphatic heterocycles. The first kappa shape index (κ1) is 15.0.